The molecule has 0 saturated carbocycles. The Balaban J connectivity index is 0.00000274. The molecule has 1 aromatic carbocycles. The highest BCUT2D eigenvalue weighted by molar-refractivity contribution is 7.17. The number of hydrogen-bond acceptors (Lipinski definition) is 6. The lowest BCUT2D eigenvalue weighted by molar-refractivity contribution is -0.137. The normalized spacial score (nSPS) is 14.4. The van der Waals surface area contributed by atoms with Gasteiger partial charge in [0.2, 0.25) is 0 Å². The largest absolute Gasteiger partial charge is 0.480 e. The van der Waals surface area contributed by atoms with Gasteiger partial charge in [0, 0.05) is 60.5 Å². The molecule has 1 fully saturated rings. The second kappa shape index (κ2) is 10.1. The van der Waals surface area contributed by atoms with E-state index < -0.39 is 23.9 Å². The molecule has 0 unspecified atom stereocenters. The van der Waals surface area contributed by atoms with E-state index in [1.165, 1.54) is 28.3 Å². The fourth-order valence-electron chi connectivity index (χ4n) is 4.52. The van der Waals surface area contributed by atoms with Crippen molar-refractivity contribution >= 4 is 56.5 Å². The Morgan fingerprint density at radius 1 is 1.09 bits per heavy atom. The molecule has 34 heavy (non-hydrogen) atoms. The average Bonchev–Trinajstić information content (AvgIpc) is 3.29. The number of hydrogen-bond donors (Lipinski definition) is 1. The van der Waals surface area contributed by atoms with Crippen molar-refractivity contribution in [3.8, 4) is 0 Å². The first-order valence-electron chi connectivity index (χ1n) is 10.8. The Hall–Kier alpha value is -3.01. The minimum absolute atomic E-state index is 0. The lowest BCUT2D eigenvalue weighted by Crippen LogP contribution is -2.47. The summed E-state index contributed by atoms with van der Waals surface area (Å²) >= 11 is 1.72. The van der Waals surface area contributed by atoms with E-state index in [1.54, 1.807) is 17.4 Å². The second-order valence-corrected chi connectivity index (χ2v) is 9.14. The van der Waals surface area contributed by atoms with E-state index in [2.05, 4.69) is 26.2 Å². The predicted octanol–water partition coefficient (Wildman–Crippen LogP) is 3.62. The topological polar surface area (TPSA) is 78.7 Å². The van der Waals surface area contributed by atoms with Gasteiger partial charge in [-0.3, -0.25) is 19.1 Å². The lowest BCUT2D eigenvalue weighted by atomic mass is 10.0. The first kappa shape index (κ1) is 24.1. The minimum Gasteiger partial charge on any atom is -0.480 e. The summed E-state index contributed by atoms with van der Waals surface area (Å²) in [4.78, 5) is 33.0. The Morgan fingerprint density at radius 3 is 2.65 bits per heavy atom. The van der Waals surface area contributed by atoms with E-state index in [1.807, 2.05) is 12.3 Å². The van der Waals surface area contributed by atoms with Crippen LogP contribution in [0.15, 0.2) is 52.8 Å². The van der Waals surface area contributed by atoms with Crippen LogP contribution in [0, 0.1) is 5.82 Å². The van der Waals surface area contributed by atoms with Gasteiger partial charge < -0.3 is 10.0 Å². The molecule has 0 radical (unpaired) electrons. The molecule has 1 aliphatic heterocycles. The van der Waals surface area contributed by atoms with Gasteiger partial charge in [-0.2, -0.15) is 0 Å². The van der Waals surface area contributed by atoms with Gasteiger partial charge in [0.1, 0.15) is 18.2 Å². The zero-order chi connectivity index (χ0) is 22.9. The van der Waals surface area contributed by atoms with Gasteiger partial charge in [-0.15, -0.1) is 23.7 Å². The monoisotopic (exact) mass is 502 g/mol. The lowest BCUT2D eigenvalue weighted by Gasteiger charge is -2.35. The number of carboxylic acids is 1. The van der Waals surface area contributed by atoms with E-state index >= 15 is 0 Å². The van der Waals surface area contributed by atoms with E-state index in [-0.39, 0.29) is 12.4 Å². The van der Waals surface area contributed by atoms with Crippen LogP contribution in [-0.2, 0) is 17.8 Å². The number of pyridine rings is 2. The number of nitrogens with zero attached hydrogens (tertiary/aromatic N) is 4. The van der Waals surface area contributed by atoms with Gasteiger partial charge in [0.05, 0.1) is 5.52 Å². The number of rotatable bonds is 6. The number of fused-ring (bicyclic) bond motifs is 2. The summed E-state index contributed by atoms with van der Waals surface area (Å²) in [6.45, 7) is 3.77. The number of aliphatic carboxylic acids is 1. The van der Waals surface area contributed by atoms with Gasteiger partial charge in [-0.05, 0) is 47.7 Å². The standard InChI is InChI=1S/C24H23FN4O3S.ClH/c25-17-1-2-18-16(13-22(30)29(15-23(31)32)20(18)14-17)4-7-27-8-10-28(11-9-27)24-19-5-12-33-21(19)3-6-26-24;/h1-3,5-6,12-14H,4,7-11,15H2,(H,31,32);1H. The van der Waals surface area contributed by atoms with Crippen LogP contribution in [-0.4, -0.2) is 58.3 Å². The Kier molecular flexibility index (Phi) is 7.16. The van der Waals surface area contributed by atoms with E-state index in [9.17, 15) is 14.0 Å². The number of halogens is 2. The van der Waals surface area contributed by atoms with Crippen LogP contribution in [0.1, 0.15) is 5.56 Å². The van der Waals surface area contributed by atoms with Gasteiger partial charge >= 0.3 is 5.97 Å². The predicted molar refractivity (Wildman–Crippen MR) is 135 cm³/mol. The molecule has 178 valence electrons. The summed E-state index contributed by atoms with van der Waals surface area (Å²) in [7, 11) is 0. The first-order valence-corrected chi connectivity index (χ1v) is 11.7. The molecule has 1 saturated heterocycles. The molecule has 1 N–H and O–H groups in total. The molecule has 7 nitrogen and oxygen atoms in total. The molecular formula is C24H24ClFN4O3S. The molecule has 4 heterocycles. The summed E-state index contributed by atoms with van der Waals surface area (Å²) in [6, 6.07) is 9.86. The fourth-order valence-corrected chi connectivity index (χ4v) is 5.30. The van der Waals surface area contributed by atoms with Gasteiger partial charge in [-0.25, -0.2) is 9.37 Å². The number of aromatic nitrogens is 2. The second-order valence-electron chi connectivity index (χ2n) is 8.19. The summed E-state index contributed by atoms with van der Waals surface area (Å²) in [5.41, 5.74) is 0.702. The molecule has 0 atom stereocenters. The van der Waals surface area contributed by atoms with Crippen LogP contribution in [0.5, 0.6) is 0 Å². The van der Waals surface area contributed by atoms with Crippen LogP contribution in [0.25, 0.3) is 21.0 Å². The number of carbonyl (C=O) groups is 1. The highest BCUT2D eigenvalue weighted by Gasteiger charge is 2.20. The number of carboxylic acid groups (broad SMARTS) is 1. The summed E-state index contributed by atoms with van der Waals surface area (Å²) in [6.07, 6.45) is 2.49. The van der Waals surface area contributed by atoms with Crippen LogP contribution >= 0.6 is 23.7 Å². The van der Waals surface area contributed by atoms with Crippen molar-refractivity contribution in [2.24, 2.45) is 0 Å². The molecule has 0 spiro atoms. The van der Waals surface area contributed by atoms with Crippen molar-refractivity contribution in [2.45, 2.75) is 13.0 Å². The van der Waals surface area contributed by atoms with Crippen molar-refractivity contribution in [1.82, 2.24) is 14.5 Å². The minimum atomic E-state index is -1.14. The van der Waals surface area contributed by atoms with Crippen molar-refractivity contribution < 1.29 is 14.3 Å². The number of anilines is 1. The molecule has 1 aliphatic rings. The van der Waals surface area contributed by atoms with Crippen LogP contribution in [0.4, 0.5) is 10.2 Å². The zero-order valence-corrected chi connectivity index (χ0v) is 19.9. The SMILES string of the molecule is Cl.O=C(O)Cn1c(=O)cc(CCN2CCN(c3nccc4sccc34)CC2)c2ccc(F)cc21. The summed E-state index contributed by atoms with van der Waals surface area (Å²) in [5, 5.41) is 13.1. The van der Waals surface area contributed by atoms with Gasteiger partial charge in [0.15, 0.2) is 0 Å². The average molecular weight is 503 g/mol. The third-order valence-electron chi connectivity index (χ3n) is 6.18. The molecule has 10 heteroatoms. The maximum absolute atomic E-state index is 13.9. The van der Waals surface area contributed by atoms with E-state index in [0.29, 0.717) is 17.3 Å². The third kappa shape index (κ3) is 4.77. The molecule has 5 rings (SSSR count). The van der Waals surface area contributed by atoms with Crippen LogP contribution in [0.2, 0.25) is 0 Å². The van der Waals surface area contributed by atoms with Crippen molar-refractivity contribution in [3.63, 3.8) is 0 Å². The summed E-state index contributed by atoms with van der Waals surface area (Å²) in [5.74, 6) is -0.604. The van der Waals surface area contributed by atoms with Crippen molar-refractivity contribution in [3.05, 3.63) is 69.7 Å². The van der Waals surface area contributed by atoms with E-state index in [0.717, 1.165) is 48.7 Å². The Morgan fingerprint density at radius 2 is 1.88 bits per heavy atom. The summed E-state index contributed by atoms with van der Waals surface area (Å²) < 4.78 is 16.2. The maximum atomic E-state index is 13.9. The third-order valence-corrected chi connectivity index (χ3v) is 7.06. The fraction of sp³-hybridized carbons (Fsp3) is 0.292. The van der Waals surface area contributed by atoms with Gasteiger partial charge in [0.25, 0.3) is 5.56 Å². The highest BCUT2D eigenvalue weighted by Crippen LogP contribution is 2.29. The van der Waals surface area contributed by atoms with Gasteiger partial charge in [-0.1, -0.05) is 0 Å². The van der Waals surface area contributed by atoms with Crippen LogP contribution in [0.3, 0.4) is 0 Å². The van der Waals surface area contributed by atoms with Crippen molar-refractivity contribution in [2.75, 3.05) is 37.6 Å². The van der Waals surface area contributed by atoms with E-state index in [4.69, 9.17) is 5.11 Å². The molecule has 0 bridgehead atoms. The molecule has 0 aliphatic carbocycles. The van der Waals surface area contributed by atoms with Crippen molar-refractivity contribution in [1.29, 1.82) is 0 Å². The Labute approximate surface area is 205 Å². The molecule has 4 aromatic rings. The molecule has 3 aromatic heterocycles. The highest BCUT2D eigenvalue weighted by atomic mass is 35.5. The molecule has 0 amide bonds. The first-order chi connectivity index (χ1) is 16.0. The number of benzene rings is 1. The zero-order valence-electron chi connectivity index (χ0n) is 18.3. The number of piperazine rings is 1. The Bertz CT molecular complexity index is 1400. The smallest absolute Gasteiger partial charge is 0.323 e. The van der Waals surface area contributed by atoms with Crippen LogP contribution < -0.4 is 10.5 Å². The number of thiophene rings is 1. The maximum Gasteiger partial charge on any atom is 0.323 e. The molecular weight excluding hydrogens is 479 g/mol. The quantitative estimate of drug-likeness (QED) is 0.434.